The summed E-state index contributed by atoms with van der Waals surface area (Å²) in [6.45, 7) is 2.33. The molecule has 2 bridgehead atoms. The molecule has 104 valence electrons. The van der Waals surface area contributed by atoms with Crippen molar-refractivity contribution in [3.8, 4) is 0 Å². The molecule has 2 atom stereocenters. The van der Waals surface area contributed by atoms with E-state index in [1.165, 1.54) is 64.2 Å². The minimum atomic E-state index is 0.496. The second kappa shape index (κ2) is 5.50. The third-order valence-electron chi connectivity index (χ3n) is 5.76. The summed E-state index contributed by atoms with van der Waals surface area (Å²) in [5, 5.41) is 0. The van der Waals surface area contributed by atoms with Crippen molar-refractivity contribution >= 4 is 0 Å². The molecule has 0 aromatic heterocycles. The highest BCUT2D eigenvalue weighted by Gasteiger charge is 2.43. The molecule has 2 unspecified atom stereocenters. The Balaban J connectivity index is 1.57. The lowest BCUT2D eigenvalue weighted by Crippen LogP contribution is -2.52. The maximum Gasteiger partial charge on any atom is 0.0116 e. The lowest BCUT2D eigenvalue weighted by Gasteiger charge is -2.45. The SMILES string of the molecule is CCCC1CCC(N2C3CCC2CC(N)C3)CC1. The molecular formula is C16H30N2. The van der Waals surface area contributed by atoms with Gasteiger partial charge in [0.15, 0.2) is 0 Å². The number of fused-ring (bicyclic) bond motifs is 2. The van der Waals surface area contributed by atoms with Crippen molar-refractivity contribution in [3.63, 3.8) is 0 Å². The lowest BCUT2D eigenvalue weighted by molar-refractivity contribution is 0.0481. The Morgan fingerprint density at radius 3 is 2.00 bits per heavy atom. The average molecular weight is 250 g/mol. The first kappa shape index (κ1) is 12.9. The van der Waals surface area contributed by atoms with Crippen molar-refractivity contribution < 1.29 is 0 Å². The van der Waals surface area contributed by atoms with Crippen LogP contribution in [0.25, 0.3) is 0 Å². The first-order valence-corrected chi connectivity index (χ1v) is 8.31. The van der Waals surface area contributed by atoms with E-state index in [4.69, 9.17) is 5.73 Å². The summed E-state index contributed by atoms with van der Waals surface area (Å²) in [6.07, 6.45) is 14.1. The van der Waals surface area contributed by atoms with Gasteiger partial charge in [-0.25, -0.2) is 0 Å². The molecule has 3 fully saturated rings. The van der Waals surface area contributed by atoms with E-state index in [2.05, 4.69) is 11.8 Å². The van der Waals surface area contributed by atoms with E-state index in [1.54, 1.807) is 0 Å². The van der Waals surface area contributed by atoms with Gasteiger partial charge in [-0.05, 0) is 57.3 Å². The van der Waals surface area contributed by atoms with Crippen LogP contribution in [-0.4, -0.2) is 29.1 Å². The van der Waals surface area contributed by atoms with Gasteiger partial charge in [0.25, 0.3) is 0 Å². The molecule has 3 rings (SSSR count). The van der Waals surface area contributed by atoms with Crippen LogP contribution in [0, 0.1) is 5.92 Å². The summed E-state index contributed by atoms with van der Waals surface area (Å²) in [6, 6.07) is 3.08. The van der Waals surface area contributed by atoms with Crippen LogP contribution in [0.1, 0.15) is 71.1 Å². The minimum Gasteiger partial charge on any atom is -0.328 e. The van der Waals surface area contributed by atoms with Crippen LogP contribution >= 0.6 is 0 Å². The van der Waals surface area contributed by atoms with Gasteiger partial charge in [0.1, 0.15) is 0 Å². The van der Waals surface area contributed by atoms with Crippen molar-refractivity contribution in [2.45, 2.75) is 95.3 Å². The van der Waals surface area contributed by atoms with E-state index in [0.717, 1.165) is 24.0 Å². The second-order valence-corrected chi connectivity index (χ2v) is 7.03. The smallest absolute Gasteiger partial charge is 0.0116 e. The molecule has 0 aromatic carbocycles. The van der Waals surface area contributed by atoms with Crippen LogP contribution in [0.15, 0.2) is 0 Å². The molecule has 2 N–H and O–H groups in total. The summed E-state index contributed by atoms with van der Waals surface area (Å²) in [7, 11) is 0. The number of nitrogens with zero attached hydrogens (tertiary/aromatic N) is 1. The van der Waals surface area contributed by atoms with E-state index >= 15 is 0 Å². The number of rotatable bonds is 3. The molecule has 2 saturated heterocycles. The lowest BCUT2D eigenvalue weighted by atomic mass is 9.81. The zero-order valence-electron chi connectivity index (χ0n) is 12.0. The highest BCUT2D eigenvalue weighted by atomic mass is 15.3. The van der Waals surface area contributed by atoms with E-state index < -0.39 is 0 Å². The fourth-order valence-corrected chi connectivity index (χ4v) is 4.99. The summed E-state index contributed by atoms with van der Waals surface area (Å²) in [5.41, 5.74) is 6.18. The third-order valence-corrected chi connectivity index (χ3v) is 5.76. The van der Waals surface area contributed by atoms with Crippen molar-refractivity contribution in [2.24, 2.45) is 11.7 Å². The van der Waals surface area contributed by atoms with Crippen molar-refractivity contribution in [3.05, 3.63) is 0 Å². The molecule has 1 aliphatic carbocycles. The Hall–Kier alpha value is -0.0800. The summed E-state index contributed by atoms with van der Waals surface area (Å²) in [5.74, 6) is 1.04. The van der Waals surface area contributed by atoms with Crippen molar-refractivity contribution in [1.82, 2.24) is 4.90 Å². The molecule has 3 aliphatic rings. The molecule has 2 aliphatic heterocycles. The number of nitrogens with two attached hydrogens (primary N) is 1. The fraction of sp³-hybridized carbons (Fsp3) is 1.00. The summed E-state index contributed by atoms with van der Waals surface area (Å²) in [4.78, 5) is 2.91. The predicted molar refractivity (Wildman–Crippen MR) is 76.5 cm³/mol. The van der Waals surface area contributed by atoms with Crippen molar-refractivity contribution in [2.75, 3.05) is 0 Å². The van der Waals surface area contributed by atoms with Crippen LogP contribution in [-0.2, 0) is 0 Å². The van der Waals surface area contributed by atoms with E-state index in [9.17, 15) is 0 Å². The van der Waals surface area contributed by atoms with Crippen LogP contribution in [0.3, 0.4) is 0 Å². The van der Waals surface area contributed by atoms with Gasteiger partial charge in [-0.3, -0.25) is 4.90 Å². The number of hydrogen-bond donors (Lipinski definition) is 1. The largest absolute Gasteiger partial charge is 0.328 e. The predicted octanol–water partition coefficient (Wildman–Crippen LogP) is 3.30. The molecule has 18 heavy (non-hydrogen) atoms. The molecule has 0 amide bonds. The van der Waals surface area contributed by atoms with E-state index in [1.807, 2.05) is 0 Å². The maximum absolute atomic E-state index is 6.18. The Labute approximate surface area is 112 Å². The minimum absolute atomic E-state index is 0.496. The molecule has 1 saturated carbocycles. The Bertz CT molecular complexity index is 256. The zero-order valence-corrected chi connectivity index (χ0v) is 12.0. The first-order chi connectivity index (χ1) is 8.78. The highest BCUT2D eigenvalue weighted by molar-refractivity contribution is 5.00. The van der Waals surface area contributed by atoms with Gasteiger partial charge in [-0.2, -0.15) is 0 Å². The van der Waals surface area contributed by atoms with Gasteiger partial charge in [0.2, 0.25) is 0 Å². The Morgan fingerprint density at radius 1 is 0.889 bits per heavy atom. The Kier molecular flexibility index (Phi) is 3.95. The molecule has 0 aromatic rings. The summed E-state index contributed by atoms with van der Waals surface area (Å²) < 4.78 is 0. The average Bonchev–Trinajstić information content (AvgIpc) is 2.64. The summed E-state index contributed by atoms with van der Waals surface area (Å²) >= 11 is 0. The van der Waals surface area contributed by atoms with E-state index in [0.29, 0.717) is 6.04 Å². The zero-order chi connectivity index (χ0) is 12.5. The third kappa shape index (κ3) is 2.46. The molecule has 0 radical (unpaired) electrons. The molecule has 2 nitrogen and oxygen atoms in total. The monoisotopic (exact) mass is 250 g/mol. The van der Waals surface area contributed by atoms with Gasteiger partial charge in [0.05, 0.1) is 0 Å². The topological polar surface area (TPSA) is 29.3 Å². The fourth-order valence-electron chi connectivity index (χ4n) is 4.99. The van der Waals surface area contributed by atoms with E-state index in [-0.39, 0.29) is 0 Å². The molecule has 2 heterocycles. The number of piperidine rings is 1. The van der Waals surface area contributed by atoms with Gasteiger partial charge in [-0.15, -0.1) is 0 Å². The first-order valence-electron chi connectivity index (χ1n) is 8.31. The molecule has 2 heteroatoms. The van der Waals surface area contributed by atoms with Gasteiger partial charge in [0, 0.05) is 24.2 Å². The molecular weight excluding hydrogens is 220 g/mol. The van der Waals surface area contributed by atoms with Gasteiger partial charge >= 0.3 is 0 Å². The standard InChI is InChI=1S/C16H30N2/c1-2-3-12-4-6-14(7-5-12)18-15-8-9-16(18)11-13(17)10-15/h12-16H,2-11,17H2,1H3. The second-order valence-electron chi connectivity index (χ2n) is 7.03. The highest BCUT2D eigenvalue weighted by Crippen LogP contribution is 2.41. The van der Waals surface area contributed by atoms with Gasteiger partial charge < -0.3 is 5.73 Å². The van der Waals surface area contributed by atoms with Crippen LogP contribution in [0.4, 0.5) is 0 Å². The molecule has 0 spiro atoms. The Morgan fingerprint density at radius 2 is 1.44 bits per heavy atom. The van der Waals surface area contributed by atoms with Crippen LogP contribution < -0.4 is 5.73 Å². The van der Waals surface area contributed by atoms with Crippen LogP contribution in [0.5, 0.6) is 0 Å². The normalized spacial score (nSPS) is 45.3. The maximum atomic E-state index is 6.18. The van der Waals surface area contributed by atoms with Crippen molar-refractivity contribution in [1.29, 1.82) is 0 Å². The number of hydrogen-bond acceptors (Lipinski definition) is 2. The van der Waals surface area contributed by atoms with Crippen LogP contribution in [0.2, 0.25) is 0 Å². The van der Waals surface area contributed by atoms with Gasteiger partial charge in [-0.1, -0.05) is 19.8 Å². The quantitative estimate of drug-likeness (QED) is 0.832.